The van der Waals surface area contributed by atoms with Gasteiger partial charge in [-0.25, -0.2) is 0 Å². The van der Waals surface area contributed by atoms with Gasteiger partial charge in [-0.15, -0.1) is 0 Å². The third-order valence-electron chi connectivity index (χ3n) is 7.73. The quantitative estimate of drug-likeness (QED) is 0.813. The van der Waals surface area contributed by atoms with Crippen molar-refractivity contribution in [3.8, 4) is 5.75 Å². The van der Waals surface area contributed by atoms with Crippen molar-refractivity contribution in [3.63, 3.8) is 0 Å². The number of carbonyl (C=O) groups is 1. The highest BCUT2D eigenvalue weighted by Gasteiger charge is 2.53. The third-order valence-corrected chi connectivity index (χ3v) is 7.73. The van der Waals surface area contributed by atoms with Crippen molar-refractivity contribution in [1.82, 2.24) is 0 Å². The fraction of sp³-hybridized carbons (Fsp3) is 0.667. The molecule has 1 aromatic rings. The van der Waals surface area contributed by atoms with Crippen molar-refractivity contribution in [2.45, 2.75) is 58.3 Å². The summed E-state index contributed by atoms with van der Waals surface area (Å²) < 4.78 is 5.55. The lowest BCUT2D eigenvalue weighted by atomic mass is 9.54. The second-order valence-electron chi connectivity index (χ2n) is 8.45. The monoisotopic (exact) mass is 327 g/mol. The molecule has 0 saturated heterocycles. The predicted molar refractivity (Wildman–Crippen MR) is 96.5 cm³/mol. The summed E-state index contributed by atoms with van der Waals surface area (Å²) in [5.41, 5.74) is 4.26. The van der Waals surface area contributed by atoms with Gasteiger partial charge in [0.05, 0.1) is 12.8 Å². The molecule has 4 rings (SSSR count). The molecule has 24 heavy (non-hydrogen) atoms. The lowest BCUT2D eigenvalue weighted by Gasteiger charge is -2.50. The van der Waals surface area contributed by atoms with Crippen LogP contribution in [-0.2, 0) is 11.2 Å². The third kappa shape index (κ3) is 2.20. The molecular formula is C21H29NO2. The van der Waals surface area contributed by atoms with Crippen LogP contribution in [0.3, 0.4) is 0 Å². The van der Waals surface area contributed by atoms with E-state index in [9.17, 15) is 4.79 Å². The van der Waals surface area contributed by atoms with Gasteiger partial charge in [-0.3, -0.25) is 4.79 Å². The van der Waals surface area contributed by atoms with E-state index in [0.29, 0.717) is 11.3 Å². The van der Waals surface area contributed by atoms with Gasteiger partial charge in [0.1, 0.15) is 5.75 Å². The van der Waals surface area contributed by atoms with Crippen LogP contribution in [0.25, 0.3) is 0 Å². The minimum absolute atomic E-state index is 0.557. The molecule has 0 heterocycles. The zero-order chi connectivity index (χ0) is 16.9. The molecule has 0 aromatic heterocycles. The Morgan fingerprint density at radius 3 is 2.83 bits per heavy atom. The Kier molecular flexibility index (Phi) is 3.85. The summed E-state index contributed by atoms with van der Waals surface area (Å²) in [4.78, 5) is 10.9. The Morgan fingerprint density at radius 2 is 2.08 bits per heavy atom. The van der Waals surface area contributed by atoms with E-state index in [0.717, 1.165) is 42.0 Å². The van der Waals surface area contributed by atoms with Crippen LogP contribution in [0.4, 0.5) is 5.69 Å². The molecule has 3 heteroatoms. The number of hydrogen-bond donors (Lipinski definition) is 1. The average molecular weight is 327 g/mol. The minimum Gasteiger partial charge on any atom is -0.495 e. The van der Waals surface area contributed by atoms with Gasteiger partial charge in [-0.1, -0.05) is 13.8 Å². The van der Waals surface area contributed by atoms with Crippen molar-refractivity contribution in [2.24, 2.45) is 23.2 Å². The van der Waals surface area contributed by atoms with Crippen LogP contribution in [0, 0.1) is 23.2 Å². The molecular weight excluding hydrogens is 298 g/mol. The first-order chi connectivity index (χ1) is 11.6. The number of carbonyl (C=O) groups excluding carboxylic acids is 1. The maximum absolute atomic E-state index is 10.9. The lowest BCUT2D eigenvalue weighted by molar-refractivity contribution is -0.105. The van der Waals surface area contributed by atoms with Crippen LogP contribution in [-0.4, -0.2) is 13.5 Å². The number of aryl methyl sites for hydroxylation is 1. The number of ether oxygens (including phenoxy) is 1. The van der Waals surface area contributed by atoms with E-state index in [1.54, 1.807) is 7.11 Å². The molecule has 0 bridgehead atoms. The number of benzene rings is 1. The van der Waals surface area contributed by atoms with Gasteiger partial charge in [-0.05, 0) is 90.9 Å². The molecule has 0 aliphatic heterocycles. The largest absolute Gasteiger partial charge is 0.495 e. The van der Waals surface area contributed by atoms with Crippen molar-refractivity contribution < 1.29 is 9.53 Å². The molecule has 1 amide bonds. The van der Waals surface area contributed by atoms with Gasteiger partial charge in [0.2, 0.25) is 6.41 Å². The maximum Gasteiger partial charge on any atom is 0.211 e. The van der Waals surface area contributed by atoms with Gasteiger partial charge in [0.25, 0.3) is 0 Å². The Morgan fingerprint density at radius 1 is 1.25 bits per heavy atom. The summed E-state index contributed by atoms with van der Waals surface area (Å²) in [5.74, 6) is 4.07. The molecule has 2 saturated carbocycles. The molecule has 1 N–H and O–H groups in total. The lowest BCUT2D eigenvalue weighted by Crippen LogP contribution is -2.41. The molecule has 3 aliphatic rings. The Labute approximate surface area is 145 Å². The summed E-state index contributed by atoms with van der Waals surface area (Å²) in [5, 5.41) is 2.79. The van der Waals surface area contributed by atoms with Crippen LogP contribution in [0.2, 0.25) is 0 Å². The summed E-state index contributed by atoms with van der Waals surface area (Å²) in [7, 11) is 1.69. The number of amides is 1. The zero-order valence-corrected chi connectivity index (χ0v) is 15.1. The van der Waals surface area contributed by atoms with Crippen LogP contribution >= 0.6 is 0 Å². The Bertz CT molecular complexity index is 655. The fourth-order valence-electron chi connectivity index (χ4n) is 6.21. The van der Waals surface area contributed by atoms with Gasteiger partial charge < -0.3 is 10.1 Å². The van der Waals surface area contributed by atoms with Gasteiger partial charge in [0.15, 0.2) is 0 Å². The van der Waals surface area contributed by atoms with Crippen molar-refractivity contribution in [3.05, 3.63) is 23.3 Å². The first kappa shape index (κ1) is 16.0. The second-order valence-corrected chi connectivity index (χ2v) is 8.45. The van der Waals surface area contributed by atoms with Crippen molar-refractivity contribution >= 4 is 12.1 Å². The van der Waals surface area contributed by atoms with E-state index >= 15 is 0 Å². The maximum atomic E-state index is 10.9. The van der Waals surface area contributed by atoms with Crippen LogP contribution in [0.1, 0.15) is 63.0 Å². The van der Waals surface area contributed by atoms with Crippen molar-refractivity contribution in [2.75, 3.05) is 12.4 Å². The fourth-order valence-corrected chi connectivity index (χ4v) is 6.21. The first-order valence-corrected chi connectivity index (χ1v) is 9.49. The first-order valence-electron chi connectivity index (χ1n) is 9.49. The summed E-state index contributed by atoms with van der Waals surface area (Å²) in [6.07, 6.45) is 8.65. The Hall–Kier alpha value is -1.51. The molecule has 0 radical (unpaired) electrons. The summed E-state index contributed by atoms with van der Waals surface area (Å²) >= 11 is 0. The van der Waals surface area contributed by atoms with Crippen LogP contribution in [0.5, 0.6) is 5.75 Å². The van der Waals surface area contributed by atoms with E-state index in [2.05, 4.69) is 31.3 Å². The number of nitrogens with one attached hydrogen (secondary N) is 1. The predicted octanol–water partition coefficient (Wildman–Crippen LogP) is 4.76. The minimum atomic E-state index is 0.557. The second kappa shape index (κ2) is 5.79. The zero-order valence-electron chi connectivity index (χ0n) is 15.1. The molecule has 130 valence electrons. The van der Waals surface area contributed by atoms with Gasteiger partial charge in [-0.2, -0.15) is 0 Å². The van der Waals surface area contributed by atoms with Gasteiger partial charge in [0, 0.05) is 0 Å². The summed E-state index contributed by atoms with van der Waals surface area (Å²) in [6, 6.07) is 4.35. The number of fused-ring (bicyclic) bond motifs is 5. The van der Waals surface area contributed by atoms with E-state index in [1.807, 2.05) is 0 Å². The molecule has 3 aliphatic carbocycles. The molecule has 5 atom stereocenters. The average Bonchev–Trinajstić information content (AvgIpc) is 2.89. The number of methoxy groups -OCH3 is 1. The normalized spacial score (nSPS) is 37.1. The molecule has 4 unspecified atom stereocenters. The van der Waals surface area contributed by atoms with Crippen molar-refractivity contribution in [1.29, 1.82) is 0 Å². The number of hydrogen-bond acceptors (Lipinski definition) is 2. The van der Waals surface area contributed by atoms with Crippen LogP contribution in [0.15, 0.2) is 12.1 Å². The molecule has 2 fully saturated rings. The highest BCUT2D eigenvalue weighted by molar-refractivity contribution is 5.76. The standard InChI is InChI=1S/C21H29NO2/c1-13-4-7-18-16-6-5-14-10-19(22-12-23)20(24-3)11-17(14)15(16)8-9-21(13,18)2/h10-13,15-16,18H,4-9H2,1-3H3,(H,22,23)/t13?,15?,16?,18?,21-/m1/s1. The Balaban J connectivity index is 1.71. The van der Waals surface area contributed by atoms with E-state index < -0.39 is 0 Å². The van der Waals surface area contributed by atoms with E-state index in [-0.39, 0.29) is 0 Å². The van der Waals surface area contributed by atoms with Crippen LogP contribution < -0.4 is 10.1 Å². The topological polar surface area (TPSA) is 38.3 Å². The SMILES string of the molecule is COc1cc2c(cc1NC=O)CCC1C2CC[C@]2(C)C(C)CCC12. The van der Waals surface area contributed by atoms with E-state index in [1.165, 1.54) is 43.2 Å². The van der Waals surface area contributed by atoms with Gasteiger partial charge >= 0.3 is 0 Å². The van der Waals surface area contributed by atoms with E-state index in [4.69, 9.17) is 4.74 Å². The molecule has 1 aromatic carbocycles. The smallest absolute Gasteiger partial charge is 0.211 e. The number of anilines is 1. The molecule has 3 nitrogen and oxygen atoms in total. The number of rotatable bonds is 3. The highest BCUT2D eigenvalue weighted by atomic mass is 16.5. The molecule has 0 spiro atoms. The summed E-state index contributed by atoms with van der Waals surface area (Å²) in [6.45, 7) is 5.02. The highest BCUT2D eigenvalue weighted by Crippen LogP contribution is 2.63.